The summed E-state index contributed by atoms with van der Waals surface area (Å²) in [5, 5.41) is 6.27. The van der Waals surface area contributed by atoms with Crippen molar-refractivity contribution < 1.29 is 9.53 Å². The van der Waals surface area contributed by atoms with Crippen LogP contribution in [0.25, 0.3) is 0 Å². The van der Waals surface area contributed by atoms with E-state index in [0.717, 1.165) is 43.7 Å². The van der Waals surface area contributed by atoms with Gasteiger partial charge in [-0.15, -0.1) is 0 Å². The highest BCUT2D eigenvalue weighted by Crippen LogP contribution is 2.25. The molecule has 22 heavy (non-hydrogen) atoms. The van der Waals surface area contributed by atoms with Crippen molar-refractivity contribution in [2.75, 3.05) is 6.54 Å². The van der Waals surface area contributed by atoms with E-state index in [1.165, 1.54) is 0 Å². The van der Waals surface area contributed by atoms with Crippen LogP contribution in [-0.2, 0) is 4.79 Å². The fourth-order valence-corrected chi connectivity index (χ4v) is 3.04. The number of carbonyl (C=O) groups excluding carboxylic acids is 1. The van der Waals surface area contributed by atoms with Gasteiger partial charge in [-0.25, -0.2) is 0 Å². The molecule has 5 heteroatoms. The van der Waals surface area contributed by atoms with Crippen LogP contribution in [0, 0.1) is 6.92 Å². The summed E-state index contributed by atoms with van der Waals surface area (Å²) in [7, 11) is 0. The van der Waals surface area contributed by atoms with Gasteiger partial charge >= 0.3 is 0 Å². The first-order chi connectivity index (χ1) is 10.7. The van der Waals surface area contributed by atoms with Crippen molar-refractivity contribution in [1.29, 1.82) is 0 Å². The van der Waals surface area contributed by atoms with Gasteiger partial charge in [-0.3, -0.25) is 15.1 Å². The molecule has 5 nitrogen and oxygen atoms in total. The average molecular weight is 301 g/mol. The monoisotopic (exact) mass is 301 g/mol. The molecular formula is C17H23N3O2. The van der Waals surface area contributed by atoms with E-state index in [0.29, 0.717) is 0 Å². The third-order valence-electron chi connectivity index (χ3n) is 4.34. The van der Waals surface area contributed by atoms with Gasteiger partial charge < -0.3 is 10.1 Å². The molecule has 2 N–H and O–H groups in total. The molecule has 0 aromatic carbocycles. The molecule has 2 aliphatic rings. The molecule has 2 heterocycles. The number of hydrogen-bond acceptors (Lipinski definition) is 4. The fourth-order valence-electron chi connectivity index (χ4n) is 3.04. The van der Waals surface area contributed by atoms with Crippen LogP contribution < -0.4 is 15.4 Å². The minimum Gasteiger partial charge on any atom is -0.489 e. The zero-order valence-corrected chi connectivity index (χ0v) is 12.9. The quantitative estimate of drug-likeness (QED) is 0.831. The lowest BCUT2D eigenvalue weighted by atomic mass is 9.92. The van der Waals surface area contributed by atoms with Gasteiger partial charge in [0.15, 0.2) is 0 Å². The molecular weight excluding hydrogens is 278 g/mol. The second kappa shape index (κ2) is 6.92. The maximum absolute atomic E-state index is 12.1. The largest absolute Gasteiger partial charge is 0.489 e. The normalized spacial score (nSPS) is 27.6. The molecule has 1 fully saturated rings. The summed E-state index contributed by atoms with van der Waals surface area (Å²) in [6.45, 7) is 2.74. The van der Waals surface area contributed by atoms with Crippen LogP contribution >= 0.6 is 0 Å². The SMILES string of the molecule is Cc1ncccc1OC1CCC(NC(=O)C2C=CCN2)CC1. The third kappa shape index (κ3) is 3.65. The predicted octanol–water partition coefficient (Wildman–Crippen LogP) is 1.72. The number of carbonyl (C=O) groups is 1. The Morgan fingerprint density at radius 2 is 2.18 bits per heavy atom. The lowest BCUT2D eigenvalue weighted by molar-refractivity contribution is -0.122. The first-order valence-electron chi connectivity index (χ1n) is 8.01. The van der Waals surface area contributed by atoms with Crippen LogP contribution in [0.5, 0.6) is 5.75 Å². The van der Waals surface area contributed by atoms with Gasteiger partial charge in [0, 0.05) is 18.8 Å². The molecule has 1 atom stereocenters. The van der Waals surface area contributed by atoms with E-state index >= 15 is 0 Å². The number of hydrogen-bond donors (Lipinski definition) is 2. The Bertz CT molecular complexity index is 551. The van der Waals surface area contributed by atoms with Crippen LogP contribution in [0.4, 0.5) is 0 Å². The standard InChI is InChI=1S/C17H23N3O2/c1-12-16(5-3-10-18-12)22-14-8-6-13(7-9-14)20-17(21)15-4-2-11-19-15/h2-5,10,13-15,19H,6-9,11H2,1H3,(H,20,21). The highest BCUT2D eigenvalue weighted by molar-refractivity contribution is 5.84. The van der Waals surface area contributed by atoms with Crippen molar-refractivity contribution in [3.63, 3.8) is 0 Å². The van der Waals surface area contributed by atoms with Gasteiger partial charge in [-0.2, -0.15) is 0 Å². The molecule has 1 aliphatic heterocycles. The number of rotatable bonds is 4. The number of nitrogens with one attached hydrogen (secondary N) is 2. The molecule has 0 radical (unpaired) electrons. The van der Waals surface area contributed by atoms with E-state index in [2.05, 4.69) is 15.6 Å². The summed E-state index contributed by atoms with van der Waals surface area (Å²) < 4.78 is 6.04. The van der Waals surface area contributed by atoms with Crippen molar-refractivity contribution in [3.8, 4) is 5.75 Å². The van der Waals surface area contributed by atoms with Crippen molar-refractivity contribution in [2.24, 2.45) is 0 Å². The molecule has 0 saturated heterocycles. The fraction of sp³-hybridized carbons (Fsp3) is 0.529. The Morgan fingerprint density at radius 1 is 1.36 bits per heavy atom. The van der Waals surface area contributed by atoms with Crippen LogP contribution in [0.1, 0.15) is 31.4 Å². The highest BCUT2D eigenvalue weighted by atomic mass is 16.5. The Morgan fingerprint density at radius 3 is 2.86 bits per heavy atom. The molecule has 1 aromatic heterocycles. The summed E-state index contributed by atoms with van der Waals surface area (Å²) >= 11 is 0. The number of ether oxygens (including phenoxy) is 1. The van der Waals surface area contributed by atoms with E-state index in [9.17, 15) is 4.79 Å². The van der Waals surface area contributed by atoms with Crippen LogP contribution in [0.15, 0.2) is 30.5 Å². The van der Waals surface area contributed by atoms with E-state index in [-0.39, 0.29) is 24.1 Å². The maximum atomic E-state index is 12.1. The average Bonchev–Trinajstić information content (AvgIpc) is 3.06. The number of aryl methyl sites for hydroxylation is 1. The summed E-state index contributed by atoms with van der Waals surface area (Å²) in [6.07, 6.45) is 9.78. The van der Waals surface area contributed by atoms with Crippen LogP contribution in [-0.4, -0.2) is 35.6 Å². The Labute approximate surface area is 131 Å². The highest BCUT2D eigenvalue weighted by Gasteiger charge is 2.26. The molecule has 1 unspecified atom stereocenters. The van der Waals surface area contributed by atoms with Gasteiger partial charge in [0.25, 0.3) is 0 Å². The second-order valence-electron chi connectivity index (χ2n) is 6.00. The Balaban J connectivity index is 1.45. The first kappa shape index (κ1) is 15.0. The lowest BCUT2D eigenvalue weighted by Crippen LogP contribution is -2.47. The molecule has 0 bridgehead atoms. The zero-order chi connectivity index (χ0) is 15.4. The van der Waals surface area contributed by atoms with E-state index in [1.54, 1.807) is 6.20 Å². The van der Waals surface area contributed by atoms with Crippen molar-refractivity contribution in [1.82, 2.24) is 15.6 Å². The molecule has 3 rings (SSSR count). The minimum absolute atomic E-state index is 0.0845. The maximum Gasteiger partial charge on any atom is 0.241 e. The van der Waals surface area contributed by atoms with Gasteiger partial charge in [0.1, 0.15) is 11.8 Å². The molecule has 118 valence electrons. The molecule has 1 amide bonds. The number of pyridine rings is 1. The third-order valence-corrected chi connectivity index (χ3v) is 4.34. The molecule has 1 aromatic rings. The van der Waals surface area contributed by atoms with E-state index < -0.39 is 0 Å². The van der Waals surface area contributed by atoms with Crippen LogP contribution in [0.2, 0.25) is 0 Å². The topological polar surface area (TPSA) is 63.2 Å². The summed E-state index contributed by atoms with van der Waals surface area (Å²) in [5.41, 5.74) is 0.928. The van der Waals surface area contributed by atoms with Gasteiger partial charge in [0.2, 0.25) is 5.91 Å². The van der Waals surface area contributed by atoms with Crippen molar-refractivity contribution in [2.45, 2.75) is 50.8 Å². The van der Waals surface area contributed by atoms with Crippen molar-refractivity contribution in [3.05, 3.63) is 36.2 Å². The number of nitrogens with zero attached hydrogens (tertiary/aromatic N) is 1. The van der Waals surface area contributed by atoms with Crippen molar-refractivity contribution >= 4 is 5.91 Å². The number of aromatic nitrogens is 1. The predicted molar refractivity (Wildman–Crippen MR) is 84.7 cm³/mol. The molecule has 1 aliphatic carbocycles. The number of amides is 1. The van der Waals surface area contributed by atoms with Gasteiger partial charge in [-0.05, 0) is 44.7 Å². The lowest BCUT2D eigenvalue weighted by Gasteiger charge is -2.30. The van der Waals surface area contributed by atoms with Gasteiger partial charge in [-0.1, -0.05) is 12.2 Å². The Kier molecular flexibility index (Phi) is 4.73. The Hall–Kier alpha value is -1.88. The minimum atomic E-state index is -0.160. The second-order valence-corrected chi connectivity index (χ2v) is 6.00. The summed E-state index contributed by atoms with van der Waals surface area (Å²) in [5.74, 6) is 0.955. The van der Waals surface area contributed by atoms with E-state index in [1.807, 2.05) is 31.2 Å². The van der Waals surface area contributed by atoms with Gasteiger partial charge in [0.05, 0.1) is 11.8 Å². The van der Waals surface area contributed by atoms with E-state index in [4.69, 9.17) is 4.74 Å². The molecule has 1 saturated carbocycles. The smallest absolute Gasteiger partial charge is 0.241 e. The summed E-state index contributed by atoms with van der Waals surface area (Å²) in [4.78, 5) is 16.3. The first-order valence-corrected chi connectivity index (χ1v) is 8.01. The summed E-state index contributed by atoms with van der Waals surface area (Å²) in [6, 6.07) is 3.97. The van der Waals surface area contributed by atoms with Crippen LogP contribution in [0.3, 0.4) is 0 Å². The molecule has 0 spiro atoms. The zero-order valence-electron chi connectivity index (χ0n) is 12.9.